The molecule has 0 bridgehead atoms. The average molecular weight is 452 g/mol. The van der Waals surface area contributed by atoms with Crippen LogP contribution < -0.4 is 9.64 Å². The van der Waals surface area contributed by atoms with Crippen LogP contribution in [0.25, 0.3) is 11.1 Å². The maximum atomic E-state index is 14.2. The number of ether oxygens (including phenoxy) is 2. The zero-order valence-electron chi connectivity index (χ0n) is 18.9. The van der Waals surface area contributed by atoms with Crippen LogP contribution in [0.2, 0.25) is 0 Å². The predicted molar refractivity (Wildman–Crippen MR) is 121 cm³/mol. The van der Waals surface area contributed by atoms with Crippen LogP contribution in [0.15, 0.2) is 43.2 Å². The Hall–Kier alpha value is -3.46. The Morgan fingerprint density at radius 1 is 1.12 bits per heavy atom. The largest absolute Gasteiger partial charge is 0.451 e. The van der Waals surface area contributed by atoms with E-state index >= 15 is 0 Å². The number of nitrogens with zero attached hydrogens (tertiary/aromatic N) is 5. The lowest BCUT2D eigenvalue weighted by atomic mass is 9.91. The van der Waals surface area contributed by atoms with Crippen molar-refractivity contribution >= 4 is 12.1 Å². The second-order valence-corrected chi connectivity index (χ2v) is 8.30. The van der Waals surface area contributed by atoms with Gasteiger partial charge in [0.15, 0.2) is 11.6 Å². The fourth-order valence-corrected chi connectivity index (χ4v) is 3.97. The second kappa shape index (κ2) is 9.58. The summed E-state index contributed by atoms with van der Waals surface area (Å²) >= 11 is 0. The Morgan fingerprint density at radius 2 is 1.88 bits per heavy atom. The lowest BCUT2D eigenvalue weighted by molar-refractivity contribution is -0.122. The molecule has 0 saturated carbocycles. The highest BCUT2D eigenvalue weighted by atomic mass is 19.1. The summed E-state index contributed by atoms with van der Waals surface area (Å²) in [6.45, 7) is 7.27. The van der Waals surface area contributed by atoms with Gasteiger partial charge < -0.3 is 19.2 Å². The van der Waals surface area contributed by atoms with E-state index in [1.165, 1.54) is 24.8 Å². The van der Waals surface area contributed by atoms with Crippen molar-refractivity contribution in [3.8, 4) is 22.6 Å². The zero-order chi connectivity index (χ0) is 23.4. The van der Waals surface area contributed by atoms with Gasteiger partial charge in [0.1, 0.15) is 42.7 Å². The minimum atomic E-state index is -0.391. The number of aromatic nitrogens is 4. The fourth-order valence-electron chi connectivity index (χ4n) is 3.97. The standard InChI is InChI=1S/C24H26FN5O3/c1-4-24(32-8-7-31)12-30(13-24)23-21(11-27-15-29-23)33-20-6-5-17(25)9-18(20)19-10-26-14-28-22(19)16(2)3/h5-7,9-11,14-16H,4,8,12-13H2,1-3H3. The van der Waals surface area contributed by atoms with Crippen molar-refractivity contribution in [1.82, 2.24) is 19.9 Å². The fraction of sp³-hybridized carbons (Fsp3) is 0.375. The van der Waals surface area contributed by atoms with Gasteiger partial charge in [0, 0.05) is 17.3 Å². The summed E-state index contributed by atoms with van der Waals surface area (Å²) in [5, 5.41) is 0. The van der Waals surface area contributed by atoms with Crippen LogP contribution >= 0.6 is 0 Å². The molecular formula is C24H26FN5O3. The molecule has 4 rings (SSSR count). The maximum absolute atomic E-state index is 14.2. The average Bonchev–Trinajstić information content (AvgIpc) is 2.80. The van der Waals surface area contributed by atoms with Gasteiger partial charge in [-0.25, -0.2) is 24.3 Å². The molecule has 3 aromatic rings. The Kier molecular flexibility index (Phi) is 6.60. The minimum Gasteiger partial charge on any atom is -0.451 e. The van der Waals surface area contributed by atoms with Gasteiger partial charge in [-0.05, 0) is 30.5 Å². The molecule has 1 aromatic carbocycles. The van der Waals surface area contributed by atoms with Crippen molar-refractivity contribution in [2.24, 2.45) is 0 Å². The van der Waals surface area contributed by atoms with E-state index in [0.717, 1.165) is 18.4 Å². The van der Waals surface area contributed by atoms with E-state index in [1.807, 2.05) is 25.7 Å². The molecule has 1 fully saturated rings. The SMILES string of the molecule is CCC1(OCC=O)CN(c2ncncc2Oc2ccc(F)cc2-c2cncnc2C(C)C)C1. The molecule has 1 aliphatic heterocycles. The van der Waals surface area contributed by atoms with Crippen LogP contribution in [0, 0.1) is 5.82 Å². The molecule has 0 amide bonds. The summed E-state index contributed by atoms with van der Waals surface area (Å²) in [6.07, 6.45) is 7.72. The van der Waals surface area contributed by atoms with Gasteiger partial charge in [0.25, 0.3) is 0 Å². The molecule has 1 aliphatic rings. The molecule has 1 saturated heterocycles. The summed E-state index contributed by atoms with van der Waals surface area (Å²) in [4.78, 5) is 29.8. The second-order valence-electron chi connectivity index (χ2n) is 8.30. The van der Waals surface area contributed by atoms with Crippen molar-refractivity contribution in [3.63, 3.8) is 0 Å². The number of aldehydes is 1. The Labute approximate surface area is 191 Å². The lowest BCUT2D eigenvalue weighted by Gasteiger charge is -2.49. The van der Waals surface area contributed by atoms with Gasteiger partial charge in [-0.2, -0.15) is 0 Å². The van der Waals surface area contributed by atoms with Crippen molar-refractivity contribution in [2.75, 3.05) is 24.6 Å². The number of benzene rings is 1. The van der Waals surface area contributed by atoms with Crippen molar-refractivity contribution in [3.05, 3.63) is 54.8 Å². The highest BCUT2D eigenvalue weighted by molar-refractivity contribution is 5.73. The van der Waals surface area contributed by atoms with E-state index in [4.69, 9.17) is 9.47 Å². The van der Waals surface area contributed by atoms with Gasteiger partial charge in [-0.15, -0.1) is 0 Å². The van der Waals surface area contributed by atoms with E-state index in [1.54, 1.807) is 18.5 Å². The molecule has 33 heavy (non-hydrogen) atoms. The van der Waals surface area contributed by atoms with E-state index in [-0.39, 0.29) is 18.3 Å². The van der Waals surface area contributed by atoms with Crippen LogP contribution in [0.1, 0.15) is 38.8 Å². The normalized spacial score (nSPS) is 14.8. The highest BCUT2D eigenvalue weighted by Crippen LogP contribution is 2.41. The van der Waals surface area contributed by atoms with Crippen LogP contribution in [0.4, 0.5) is 10.2 Å². The van der Waals surface area contributed by atoms with Crippen molar-refractivity contribution < 1.29 is 18.7 Å². The molecule has 9 heteroatoms. The number of hydrogen-bond donors (Lipinski definition) is 0. The third kappa shape index (κ3) is 4.68. The number of carbonyl (C=O) groups excluding carboxylic acids is 1. The summed E-state index contributed by atoms with van der Waals surface area (Å²) in [5.41, 5.74) is 1.66. The van der Waals surface area contributed by atoms with Crippen molar-refractivity contribution in [2.45, 2.75) is 38.7 Å². The van der Waals surface area contributed by atoms with E-state index in [0.29, 0.717) is 41.5 Å². The number of carbonyl (C=O) groups is 1. The Balaban J connectivity index is 1.66. The summed E-state index contributed by atoms with van der Waals surface area (Å²) in [6, 6.07) is 4.35. The number of rotatable bonds is 9. The quantitative estimate of drug-likeness (QED) is 0.448. The van der Waals surface area contributed by atoms with Crippen LogP contribution in [0.3, 0.4) is 0 Å². The Bertz CT molecular complexity index is 1130. The van der Waals surface area contributed by atoms with E-state index in [9.17, 15) is 9.18 Å². The van der Waals surface area contributed by atoms with Crippen molar-refractivity contribution in [1.29, 1.82) is 0 Å². The third-order valence-electron chi connectivity index (χ3n) is 5.76. The molecule has 0 atom stereocenters. The maximum Gasteiger partial charge on any atom is 0.188 e. The van der Waals surface area contributed by atoms with Gasteiger partial charge in [-0.3, -0.25) is 0 Å². The molecule has 8 nitrogen and oxygen atoms in total. The van der Waals surface area contributed by atoms with Gasteiger partial charge in [0.05, 0.1) is 25.0 Å². The number of hydrogen-bond acceptors (Lipinski definition) is 8. The van der Waals surface area contributed by atoms with Gasteiger partial charge >= 0.3 is 0 Å². The minimum absolute atomic E-state index is 0.0606. The summed E-state index contributed by atoms with van der Waals surface area (Å²) < 4.78 is 26.2. The topological polar surface area (TPSA) is 90.3 Å². The van der Waals surface area contributed by atoms with Crippen LogP contribution in [0.5, 0.6) is 11.5 Å². The molecule has 0 radical (unpaired) electrons. The predicted octanol–water partition coefficient (Wildman–Crippen LogP) is 4.17. The number of halogens is 1. The molecule has 0 aliphatic carbocycles. The third-order valence-corrected chi connectivity index (χ3v) is 5.76. The molecular weight excluding hydrogens is 425 g/mol. The lowest BCUT2D eigenvalue weighted by Crippen LogP contribution is -2.63. The highest BCUT2D eigenvalue weighted by Gasteiger charge is 2.44. The van der Waals surface area contributed by atoms with Crippen LogP contribution in [-0.4, -0.2) is 51.5 Å². The molecule has 0 spiro atoms. The zero-order valence-corrected chi connectivity index (χ0v) is 18.9. The number of anilines is 1. The first-order chi connectivity index (χ1) is 16.0. The molecule has 0 N–H and O–H groups in total. The van der Waals surface area contributed by atoms with Gasteiger partial charge in [-0.1, -0.05) is 20.8 Å². The molecule has 3 heterocycles. The molecule has 172 valence electrons. The summed E-state index contributed by atoms with van der Waals surface area (Å²) in [5.74, 6) is 1.22. The molecule has 2 aromatic heterocycles. The first kappa shape index (κ1) is 22.7. The van der Waals surface area contributed by atoms with E-state index < -0.39 is 5.60 Å². The molecule has 0 unspecified atom stereocenters. The smallest absolute Gasteiger partial charge is 0.188 e. The van der Waals surface area contributed by atoms with E-state index in [2.05, 4.69) is 19.9 Å². The first-order valence-corrected chi connectivity index (χ1v) is 10.9. The van der Waals surface area contributed by atoms with Gasteiger partial charge in [0.2, 0.25) is 0 Å². The summed E-state index contributed by atoms with van der Waals surface area (Å²) in [7, 11) is 0. The van der Waals surface area contributed by atoms with Crippen LogP contribution in [-0.2, 0) is 9.53 Å². The monoisotopic (exact) mass is 451 g/mol. The Morgan fingerprint density at radius 3 is 2.61 bits per heavy atom. The first-order valence-electron chi connectivity index (χ1n) is 10.9.